The molecule has 1 aromatic heterocycles. The van der Waals surface area contributed by atoms with Crippen molar-refractivity contribution in [2.75, 3.05) is 12.0 Å². The number of aromatic amines is 1. The number of amides is 3. The molecule has 8 nitrogen and oxygen atoms in total. The predicted octanol–water partition coefficient (Wildman–Crippen LogP) is 4.36. The summed E-state index contributed by atoms with van der Waals surface area (Å²) in [5, 5.41) is 10.2. The summed E-state index contributed by atoms with van der Waals surface area (Å²) in [4.78, 5) is 45.0. The Balaban J connectivity index is 1.51. The van der Waals surface area contributed by atoms with Gasteiger partial charge in [0.05, 0.1) is 18.4 Å². The van der Waals surface area contributed by atoms with Crippen LogP contribution in [0.4, 0.5) is 10.5 Å². The molecule has 2 atom stereocenters. The number of hydrogen-bond donors (Lipinski definition) is 2. The quantitative estimate of drug-likeness (QED) is 0.434. The number of urea groups is 1. The van der Waals surface area contributed by atoms with Crippen LogP contribution in [0.25, 0.3) is 10.9 Å². The molecule has 3 aromatic carbocycles. The molecule has 0 bridgehead atoms. The van der Waals surface area contributed by atoms with Crippen molar-refractivity contribution in [3.05, 3.63) is 95.2 Å². The third-order valence-electron chi connectivity index (χ3n) is 6.83. The smallest absolute Gasteiger partial charge is 0.335 e. The highest BCUT2D eigenvalue weighted by atomic mass is 16.5. The number of aromatic nitrogens is 1. The van der Waals surface area contributed by atoms with E-state index in [1.165, 1.54) is 24.3 Å². The van der Waals surface area contributed by atoms with Crippen LogP contribution in [0.1, 0.15) is 33.2 Å². The van der Waals surface area contributed by atoms with Gasteiger partial charge in [0, 0.05) is 23.0 Å². The second-order valence-electron chi connectivity index (χ2n) is 8.68. The van der Waals surface area contributed by atoms with Gasteiger partial charge in [0.15, 0.2) is 0 Å². The Hall–Kier alpha value is -4.59. The van der Waals surface area contributed by atoms with Gasteiger partial charge in [-0.15, -0.1) is 0 Å². The van der Waals surface area contributed by atoms with Crippen LogP contribution in [0.15, 0.2) is 72.8 Å². The van der Waals surface area contributed by atoms with Crippen molar-refractivity contribution in [1.82, 2.24) is 9.88 Å². The van der Waals surface area contributed by atoms with Gasteiger partial charge in [0.25, 0.3) is 5.91 Å². The number of rotatable bonds is 4. The van der Waals surface area contributed by atoms with Gasteiger partial charge in [-0.25, -0.2) is 14.5 Å². The van der Waals surface area contributed by atoms with E-state index in [2.05, 4.69) is 4.98 Å². The minimum absolute atomic E-state index is 0.0845. The summed E-state index contributed by atoms with van der Waals surface area (Å²) in [6.45, 7) is 0. The van der Waals surface area contributed by atoms with Crippen LogP contribution in [-0.4, -0.2) is 46.0 Å². The first kappa shape index (κ1) is 21.0. The lowest BCUT2D eigenvalue weighted by Gasteiger charge is -2.36. The average molecular weight is 467 g/mol. The van der Waals surface area contributed by atoms with E-state index >= 15 is 0 Å². The highest BCUT2D eigenvalue weighted by Crippen LogP contribution is 2.45. The standard InChI is InChI=1S/C27H21N3O5/c1-35-18-6-4-5-16(13-18)24-23-20(19-7-2-3-8-21(19)28-23)14-22-25(31)29(27(34)30(22)24)17-11-9-15(10-12-17)26(32)33/h2-13,22,24,28H,14H2,1H3,(H,32,33). The fourth-order valence-corrected chi connectivity index (χ4v) is 5.22. The van der Waals surface area contributed by atoms with Gasteiger partial charge in [0.2, 0.25) is 0 Å². The number of carboxylic acid groups (broad SMARTS) is 1. The molecule has 1 fully saturated rings. The zero-order valence-corrected chi connectivity index (χ0v) is 18.8. The Bertz CT molecular complexity index is 1510. The van der Waals surface area contributed by atoms with Crippen LogP contribution < -0.4 is 9.64 Å². The minimum atomic E-state index is -1.07. The summed E-state index contributed by atoms with van der Waals surface area (Å²) in [6.07, 6.45) is 0.383. The van der Waals surface area contributed by atoms with Gasteiger partial charge in [-0.2, -0.15) is 0 Å². The molecule has 35 heavy (non-hydrogen) atoms. The molecule has 0 saturated carbocycles. The Kier molecular flexibility index (Phi) is 4.63. The summed E-state index contributed by atoms with van der Waals surface area (Å²) in [5.41, 5.74) is 4.09. The molecule has 8 heteroatoms. The van der Waals surface area contributed by atoms with Crippen LogP contribution in [0, 0.1) is 0 Å². The van der Waals surface area contributed by atoms with Crippen LogP contribution >= 0.6 is 0 Å². The molecule has 4 aromatic rings. The lowest BCUT2D eigenvalue weighted by molar-refractivity contribution is -0.120. The fraction of sp³-hybridized carbons (Fsp3) is 0.148. The van der Waals surface area contributed by atoms with Crippen molar-refractivity contribution < 1.29 is 24.2 Å². The Morgan fingerprint density at radius 1 is 1.03 bits per heavy atom. The highest BCUT2D eigenvalue weighted by Gasteiger charge is 2.53. The molecule has 2 aliphatic heterocycles. The summed E-state index contributed by atoms with van der Waals surface area (Å²) in [5.74, 6) is -0.750. The fourth-order valence-electron chi connectivity index (χ4n) is 5.22. The van der Waals surface area contributed by atoms with Crippen LogP contribution in [-0.2, 0) is 11.2 Å². The Morgan fingerprint density at radius 3 is 2.54 bits per heavy atom. The second kappa shape index (κ2) is 7.73. The summed E-state index contributed by atoms with van der Waals surface area (Å²) >= 11 is 0. The zero-order valence-electron chi connectivity index (χ0n) is 18.8. The van der Waals surface area contributed by atoms with Crippen molar-refractivity contribution >= 4 is 34.5 Å². The van der Waals surface area contributed by atoms with Crippen molar-refractivity contribution in [3.63, 3.8) is 0 Å². The van der Waals surface area contributed by atoms with E-state index in [0.717, 1.165) is 32.6 Å². The first-order chi connectivity index (χ1) is 17.0. The topological polar surface area (TPSA) is 103 Å². The maximum atomic E-state index is 13.8. The molecule has 1 saturated heterocycles. The first-order valence-corrected chi connectivity index (χ1v) is 11.2. The van der Waals surface area contributed by atoms with Crippen molar-refractivity contribution in [2.24, 2.45) is 0 Å². The molecule has 6 rings (SSSR count). The number of aromatic carboxylic acids is 1. The summed E-state index contributed by atoms with van der Waals surface area (Å²) in [6, 6.07) is 19.5. The largest absolute Gasteiger partial charge is 0.497 e. The van der Waals surface area contributed by atoms with Gasteiger partial charge in [-0.3, -0.25) is 9.69 Å². The number of nitrogens with one attached hydrogen (secondary N) is 1. The SMILES string of the molecule is COc1cccc(C2c3[nH]c4ccccc4c3CC3C(=O)N(c4ccc(C(=O)O)cc4)C(=O)N32)c1. The number of methoxy groups -OCH3 is 1. The number of carbonyl (C=O) groups excluding carboxylic acids is 2. The molecule has 3 amide bonds. The van der Waals surface area contributed by atoms with E-state index in [1.54, 1.807) is 12.0 Å². The van der Waals surface area contributed by atoms with Gasteiger partial charge in [-0.05, 0) is 53.6 Å². The number of ether oxygens (including phenoxy) is 1. The molecule has 2 unspecified atom stereocenters. The predicted molar refractivity (Wildman–Crippen MR) is 129 cm³/mol. The van der Waals surface area contributed by atoms with Crippen molar-refractivity contribution in [1.29, 1.82) is 0 Å². The van der Waals surface area contributed by atoms with Gasteiger partial charge in [-0.1, -0.05) is 30.3 Å². The van der Waals surface area contributed by atoms with E-state index in [1.807, 2.05) is 48.5 Å². The Labute approximate surface area is 200 Å². The monoisotopic (exact) mass is 467 g/mol. The first-order valence-electron chi connectivity index (χ1n) is 11.2. The van der Waals surface area contributed by atoms with Gasteiger partial charge < -0.3 is 14.8 Å². The second-order valence-corrected chi connectivity index (χ2v) is 8.68. The number of fused-ring (bicyclic) bond motifs is 4. The van der Waals surface area contributed by atoms with E-state index in [0.29, 0.717) is 17.9 Å². The van der Waals surface area contributed by atoms with Crippen LogP contribution in [0.2, 0.25) is 0 Å². The number of anilines is 1. The van der Waals surface area contributed by atoms with Crippen molar-refractivity contribution in [2.45, 2.75) is 18.5 Å². The number of para-hydroxylation sites is 1. The summed E-state index contributed by atoms with van der Waals surface area (Å²) < 4.78 is 5.43. The number of H-pyrrole nitrogens is 1. The molecule has 174 valence electrons. The molecular weight excluding hydrogens is 446 g/mol. The van der Waals surface area contributed by atoms with E-state index in [4.69, 9.17) is 4.74 Å². The minimum Gasteiger partial charge on any atom is -0.497 e. The lowest BCUT2D eigenvalue weighted by atomic mass is 9.89. The summed E-state index contributed by atoms with van der Waals surface area (Å²) in [7, 11) is 1.59. The van der Waals surface area contributed by atoms with E-state index in [-0.39, 0.29) is 11.5 Å². The molecule has 0 spiro atoms. The number of carboxylic acids is 1. The van der Waals surface area contributed by atoms with E-state index in [9.17, 15) is 19.5 Å². The Morgan fingerprint density at radius 2 is 1.80 bits per heavy atom. The molecule has 2 aliphatic rings. The van der Waals surface area contributed by atoms with Crippen LogP contribution in [0.5, 0.6) is 5.75 Å². The maximum absolute atomic E-state index is 13.8. The third-order valence-corrected chi connectivity index (χ3v) is 6.83. The molecular formula is C27H21N3O5. The number of benzene rings is 3. The third kappa shape index (κ3) is 3.10. The molecule has 0 aliphatic carbocycles. The van der Waals surface area contributed by atoms with Crippen LogP contribution in [0.3, 0.4) is 0 Å². The number of imide groups is 1. The maximum Gasteiger partial charge on any atom is 0.335 e. The highest BCUT2D eigenvalue weighted by molar-refractivity contribution is 6.22. The van der Waals surface area contributed by atoms with Gasteiger partial charge in [0.1, 0.15) is 17.8 Å². The lowest BCUT2D eigenvalue weighted by Crippen LogP contribution is -2.44. The number of hydrogen-bond acceptors (Lipinski definition) is 4. The number of nitrogens with zero attached hydrogens (tertiary/aromatic N) is 2. The van der Waals surface area contributed by atoms with Gasteiger partial charge >= 0.3 is 12.0 Å². The average Bonchev–Trinajstić information content (AvgIpc) is 3.37. The zero-order chi connectivity index (χ0) is 24.3. The molecule has 0 radical (unpaired) electrons. The van der Waals surface area contributed by atoms with E-state index < -0.39 is 24.1 Å². The molecule has 3 heterocycles. The number of carbonyl (C=O) groups is 3. The van der Waals surface area contributed by atoms with Crippen molar-refractivity contribution in [3.8, 4) is 5.75 Å². The molecule has 2 N–H and O–H groups in total. The normalized spacial score (nSPS) is 19.1.